The van der Waals surface area contributed by atoms with Gasteiger partial charge in [-0.2, -0.15) is 13.2 Å². The molecule has 1 fully saturated rings. The number of benzene rings is 2. The highest BCUT2D eigenvalue weighted by molar-refractivity contribution is 5.99. The summed E-state index contributed by atoms with van der Waals surface area (Å²) in [5.74, 6) is 0.114. The molecule has 2 heterocycles. The maximum Gasteiger partial charge on any atom is 0.416 e. The molecule has 160 valence electrons. The summed E-state index contributed by atoms with van der Waals surface area (Å²) in [4.78, 5) is 16.3. The average molecular weight is 426 g/mol. The summed E-state index contributed by atoms with van der Waals surface area (Å²) in [5.41, 5.74) is 0.706. The van der Waals surface area contributed by atoms with Gasteiger partial charge in [0.1, 0.15) is 12.4 Å². The number of carbonyl (C=O) groups excluding carboxylic acids is 1. The number of carbonyl (C=O) groups is 1. The second kappa shape index (κ2) is 7.86. The van der Waals surface area contributed by atoms with Gasteiger partial charge in [-0.1, -0.05) is 18.2 Å². The van der Waals surface area contributed by atoms with E-state index in [1.54, 1.807) is 28.0 Å². The van der Waals surface area contributed by atoms with Crippen molar-refractivity contribution in [3.8, 4) is 16.9 Å². The van der Waals surface area contributed by atoms with Gasteiger partial charge >= 0.3 is 6.18 Å². The molecule has 0 aliphatic carbocycles. The fourth-order valence-corrected chi connectivity index (χ4v) is 3.89. The molecule has 9 heteroatoms. The number of alkyl halides is 5. The highest BCUT2D eigenvalue weighted by Crippen LogP contribution is 2.34. The van der Waals surface area contributed by atoms with Crippen molar-refractivity contribution in [3.05, 3.63) is 53.6 Å². The molecule has 1 unspecified atom stereocenters. The van der Waals surface area contributed by atoms with Gasteiger partial charge < -0.3 is 9.64 Å². The summed E-state index contributed by atoms with van der Waals surface area (Å²) in [7, 11) is 0. The summed E-state index contributed by atoms with van der Waals surface area (Å²) in [6.45, 7) is 0.807. The first kappa shape index (κ1) is 20.6. The number of ether oxygens (including phenoxy) is 1. The predicted molar refractivity (Wildman–Crippen MR) is 99.6 cm³/mol. The number of hydrogen-bond acceptors (Lipinski definition) is 3. The normalized spacial score (nSPS) is 19.9. The lowest BCUT2D eigenvalue weighted by Crippen LogP contribution is -2.57. The molecule has 2 aromatic rings. The first-order valence-corrected chi connectivity index (χ1v) is 9.48. The van der Waals surface area contributed by atoms with E-state index < -0.39 is 18.2 Å². The van der Waals surface area contributed by atoms with Crippen LogP contribution in [-0.2, 0) is 6.18 Å². The summed E-state index contributed by atoms with van der Waals surface area (Å²) >= 11 is 0. The molecule has 1 amide bonds. The second-order valence-electron chi connectivity index (χ2n) is 7.40. The van der Waals surface area contributed by atoms with Gasteiger partial charge in [0.05, 0.1) is 23.7 Å². The molecule has 4 rings (SSSR count). The number of piperazine rings is 1. The SMILES string of the molecule is O=C1c2cc(-c3ccc(C(F)(F)F)cc3)ccc2OCC2CN(CC(F)F)CCN12. The van der Waals surface area contributed by atoms with Crippen molar-refractivity contribution in [1.29, 1.82) is 0 Å². The van der Waals surface area contributed by atoms with Crippen LogP contribution in [0.25, 0.3) is 11.1 Å². The monoisotopic (exact) mass is 426 g/mol. The lowest BCUT2D eigenvalue weighted by atomic mass is 10.00. The minimum Gasteiger partial charge on any atom is -0.491 e. The third-order valence-electron chi connectivity index (χ3n) is 5.41. The number of rotatable bonds is 3. The summed E-state index contributed by atoms with van der Waals surface area (Å²) in [5, 5.41) is 0. The van der Waals surface area contributed by atoms with E-state index in [-0.39, 0.29) is 25.1 Å². The molecule has 0 spiro atoms. The quantitative estimate of drug-likeness (QED) is 0.692. The molecule has 2 aliphatic rings. The number of amides is 1. The lowest BCUT2D eigenvalue weighted by molar-refractivity contribution is -0.137. The second-order valence-corrected chi connectivity index (χ2v) is 7.40. The van der Waals surface area contributed by atoms with Crippen LogP contribution in [0.15, 0.2) is 42.5 Å². The molecule has 1 saturated heterocycles. The maximum atomic E-state index is 13.1. The van der Waals surface area contributed by atoms with E-state index in [1.165, 1.54) is 12.1 Å². The van der Waals surface area contributed by atoms with E-state index >= 15 is 0 Å². The van der Waals surface area contributed by atoms with Crippen LogP contribution in [0.2, 0.25) is 0 Å². The van der Waals surface area contributed by atoms with E-state index in [0.717, 1.165) is 12.1 Å². The van der Waals surface area contributed by atoms with Gasteiger partial charge in [-0.05, 0) is 35.4 Å². The van der Waals surface area contributed by atoms with Crippen LogP contribution < -0.4 is 4.74 Å². The van der Waals surface area contributed by atoms with Gasteiger partial charge in [0, 0.05) is 19.6 Å². The minimum absolute atomic E-state index is 0.193. The predicted octanol–water partition coefficient (Wildman–Crippen LogP) is 4.16. The number of fused-ring (bicyclic) bond motifs is 2. The molecule has 0 aromatic heterocycles. The third kappa shape index (κ3) is 4.12. The highest BCUT2D eigenvalue weighted by atomic mass is 19.4. The van der Waals surface area contributed by atoms with Gasteiger partial charge in [-0.25, -0.2) is 8.78 Å². The van der Waals surface area contributed by atoms with E-state index in [0.29, 0.717) is 42.1 Å². The molecule has 4 nitrogen and oxygen atoms in total. The van der Waals surface area contributed by atoms with Crippen molar-refractivity contribution in [2.75, 3.05) is 32.8 Å². The summed E-state index contributed by atoms with van der Waals surface area (Å²) in [6, 6.07) is 9.28. The molecule has 0 N–H and O–H groups in total. The van der Waals surface area contributed by atoms with Gasteiger partial charge in [0.15, 0.2) is 0 Å². The van der Waals surface area contributed by atoms with Crippen molar-refractivity contribution in [2.45, 2.75) is 18.6 Å². The standard InChI is InChI=1S/C21H19F5N2O2/c22-19(23)11-27-7-8-28-16(10-27)12-30-18-6-3-14(9-17(18)20(28)29)13-1-4-15(5-2-13)21(24,25)26/h1-6,9,16,19H,7-8,10-12H2. The Morgan fingerprint density at radius 1 is 1.03 bits per heavy atom. The Kier molecular flexibility index (Phi) is 5.40. The van der Waals surface area contributed by atoms with Crippen LogP contribution >= 0.6 is 0 Å². The molecule has 1 atom stereocenters. The third-order valence-corrected chi connectivity index (χ3v) is 5.41. The van der Waals surface area contributed by atoms with Crippen molar-refractivity contribution < 1.29 is 31.5 Å². The summed E-state index contributed by atoms with van der Waals surface area (Å²) in [6.07, 6.45) is -6.86. The zero-order valence-corrected chi connectivity index (χ0v) is 15.8. The molecular weight excluding hydrogens is 407 g/mol. The van der Waals surface area contributed by atoms with Crippen LogP contribution in [0, 0.1) is 0 Å². The Bertz CT molecular complexity index is 930. The van der Waals surface area contributed by atoms with Gasteiger partial charge in [-0.3, -0.25) is 9.69 Å². The molecule has 30 heavy (non-hydrogen) atoms. The van der Waals surface area contributed by atoms with Crippen molar-refractivity contribution in [1.82, 2.24) is 9.80 Å². The van der Waals surface area contributed by atoms with Crippen molar-refractivity contribution >= 4 is 5.91 Å². The highest BCUT2D eigenvalue weighted by Gasteiger charge is 2.36. The number of hydrogen-bond donors (Lipinski definition) is 0. The molecule has 2 aromatic carbocycles. The molecule has 2 aliphatic heterocycles. The molecule has 0 radical (unpaired) electrons. The van der Waals surface area contributed by atoms with E-state index in [4.69, 9.17) is 4.74 Å². The average Bonchev–Trinajstić information content (AvgIpc) is 2.83. The van der Waals surface area contributed by atoms with Crippen LogP contribution in [0.4, 0.5) is 22.0 Å². The van der Waals surface area contributed by atoms with Crippen molar-refractivity contribution in [3.63, 3.8) is 0 Å². The number of nitrogens with zero attached hydrogens (tertiary/aromatic N) is 2. The van der Waals surface area contributed by atoms with E-state index in [1.807, 2.05) is 0 Å². The van der Waals surface area contributed by atoms with Gasteiger partial charge in [0.2, 0.25) is 0 Å². The van der Waals surface area contributed by atoms with E-state index in [9.17, 15) is 26.7 Å². The molecular formula is C21H19F5N2O2. The maximum absolute atomic E-state index is 13.1. The lowest BCUT2D eigenvalue weighted by Gasteiger charge is -2.39. The fourth-order valence-electron chi connectivity index (χ4n) is 3.89. The van der Waals surface area contributed by atoms with Crippen LogP contribution in [0.3, 0.4) is 0 Å². The number of halogens is 5. The Hall–Kier alpha value is -2.68. The van der Waals surface area contributed by atoms with Crippen LogP contribution in [0.5, 0.6) is 5.75 Å². The Morgan fingerprint density at radius 3 is 2.40 bits per heavy atom. The Balaban J connectivity index is 1.58. The first-order chi connectivity index (χ1) is 14.2. The zero-order chi connectivity index (χ0) is 21.5. The molecule has 0 bridgehead atoms. The van der Waals surface area contributed by atoms with E-state index in [2.05, 4.69) is 0 Å². The smallest absolute Gasteiger partial charge is 0.416 e. The van der Waals surface area contributed by atoms with Gasteiger partial charge in [0.25, 0.3) is 12.3 Å². The first-order valence-electron chi connectivity index (χ1n) is 9.48. The largest absolute Gasteiger partial charge is 0.491 e. The van der Waals surface area contributed by atoms with Crippen LogP contribution in [0.1, 0.15) is 15.9 Å². The topological polar surface area (TPSA) is 32.8 Å². The van der Waals surface area contributed by atoms with Crippen LogP contribution in [-0.4, -0.2) is 61.0 Å². The fraction of sp³-hybridized carbons (Fsp3) is 0.381. The Labute approximate surface area is 169 Å². The van der Waals surface area contributed by atoms with Gasteiger partial charge in [-0.15, -0.1) is 0 Å². The minimum atomic E-state index is -4.42. The Morgan fingerprint density at radius 2 is 1.73 bits per heavy atom. The van der Waals surface area contributed by atoms with Crippen molar-refractivity contribution in [2.24, 2.45) is 0 Å². The molecule has 0 saturated carbocycles. The summed E-state index contributed by atoms with van der Waals surface area (Å²) < 4.78 is 69.5. The zero-order valence-electron chi connectivity index (χ0n) is 15.8.